The van der Waals surface area contributed by atoms with Crippen molar-refractivity contribution in [2.45, 2.75) is 45.6 Å². The van der Waals surface area contributed by atoms with Gasteiger partial charge in [0.2, 0.25) is 0 Å². The van der Waals surface area contributed by atoms with Crippen LogP contribution in [0.5, 0.6) is 0 Å². The molecular formula is C11H22O2. The highest BCUT2D eigenvalue weighted by Crippen LogP contribution is 2.34. The molecule has 1 rings (SSSR count). The van der Waals surface area contributed by atoms with Crippen LogP contribution in [0.3, 0.4) is 0 Å². The SMILES string of the molecule is CC(C)C1CCC(C(O)CO)CC1. The molecule has 0 saturated heterocycles. The Hall–Kier alpha value is -0.0800. The molecule has 78 valence electrons. The zero-order valence-electron chi connectivity index (χ0n) is 8.74. The molecule has 0 heterocycles. The Labute approximate surface area is 81.0 Å². The summed E-state index contributed by atoms with van der Waals surface area (Å²) >= 11 is 0. The highest BCUT2D eigenvalue weighted by molar-refractivity contribution is 4.78. The van der Waals surface area contributed by atoms with E-state index < -0.39 is 6.10 Å². The summed E-state index contributed by atoms with van der Waals surface area (Å²) in [5.41, 5.74) is 0. The molecule has 0 aromatic heterocycles. The first kappa shape index (κ1) is 11.0. The molecule has 1 aliphatic carbocycles. The van der Waals surface area contributed by atoms with Crippen molar-refractivity contribution in [1.29, 1.82) is 0 Å². The van der Waals surface area contributed by atoms with Gasteiger partial charge in [0.1, 0.15) is 0 Å². The van der Waals surface area contributed by atoms with Crippen LogP contribution in [0.4, 0.5) is 0 Å². The molecule has 0 aromatic rings. The number of aliphatic hydroxyl groups excluding tert-OH is 2. The van der Waals surface area contributed by atoms with Crippen LogP contribution in [-0.4, -0.2) is 22.9 Å². The first-order chi connectivity index (χ1) is 6.15. The van der Waals surface area contributed by atoms with Crippen molar-refractivity contribution < 1.29 is 10.2 Å². The Kier molecular flexibility index (Phi) is 4.20. The van der Waals surface area contributed by atoms with E-state index in [9.17, 15) is 5.11 Å². The van der Waals surface area contributed by atoms with Gasteiger partial charge in [0, 0.05) is 0 Å². The molecule has 2 nitrogen and oxygen atoms in total. The fraction of sp³-hybridized carbons (Fsp3) is 1.00. The summed E-state index contributed by atoms with van der Waals surface area (Å²) in [5, 5.41) is 18.3. The zero-order valence-corrected chi connectivity index (χ0v) is 8.74. The molecule has 13 heavy (non-hydrogen) atoms. The molecule has 1 unspecified atom stereocenters. The van der Waals surface area contributed by atoms with Crippen LogP contribution < -0.4 is 0 Å². The van der Waals surface area contributed by atoms with Crippen LogP contribution in [-0.2, 0) is 0 Å². The van der Waals surface area contributed by atoms with Gasteiger partial charge in [0.15, 0.2) is 0 Å². The topological polar surface area (TPSA) is 40.5 Å². The molecule has 0 amide bonds. The van der Waals surface area contributed by atoms with Crippen LogP contribution in [0.1, 0.15) is 39.5 Å². The maximum Gasteiger partial charge on any atom is 0.0799 e. The summed E-state index contributed by atoms with van der Waals surface area (Å²) in [6.07, 6.45) is 4.14. The smallest absolute Gasteiger partial charge is 0.0799 e. The molecule has 1 fully saturated rings. The minimum Gasteiger partial charge on any atom is -0.394 e. The Morgan fingerprint density at radius 3 is 1.92 bits per heavy atom. The lowest BCUT2D eigenvalue weighted by Crippen LogP contribution is -2.29. The van der Waals surface area contributed by atoms with Gasteiger partial charge in [-0.2, -0.15) is 0 Å². The summed E-state index contributed by atoms with van der Waals surface area (Å²) in [6.45, 7) is 4.47. The van der Waals surface area contributed by atoms with E-state index in [1.54, 1.807) is 0 Å². The number of hydrogen-bond donors (Lipinski definition) is 2. The molecule has 0 aliphatic heterocycles. The summed E-state index contributed by atoms with van der Waals surface area (Å²) in [5.74, 6) is 1.95. The molecule has 0 bridgehead atoms. The third-order valence-electron chi connectivity index (χ3n) is 3.49. The molecule has 0 spiro atoms. The number of aliphatic hydroxyl groups is 2. The van der Waals surface area contributed by atoms with Gasteiger partial charge in [0.25, 0.3) is 0 Å². The van der Waals surface area contributed by atoms with E-state index in [1.165, 1.54) is 12.8 Å². The second kappa shape index (κ2) is 4.97. The van der Waals surface area contributed by atoms with Crippen LogP contribution in [0.2, 0.25) is 0 Å². The minimum absolute atomic E-state index is 0.0724. The van der Waals surface area contributed by atoms with Gasteiger partial charge >= 0.3 is 0 Å². The Balaban J connectivity index is 2.30. The predicted molar refractivity (Wildman–Crippen MR) is 53.4 cm³/mol. The highest BCUT2D eigenvalue weighted by atomic mass is 16.3. The van der Waals surface area contributed by atoms with E-state index in [0.29, 0.717) is 5.92 Å². The fourth-order valence-electron chi connectivity index (χ4n) is 2.35. The molecular weight excluding hydrogens is 164 g/mol. The van der Waals surface area contributed by atoms with E-state index >= 15 is 0 Å². The highest BCUT2D eigenvalue weighted by Gasteiger charge is 2.27. The lowest BCUT2D eigenvalue weighted by molar-refractivity contribution is 0.0224. The predicted octanol–water partition coefficient (Wildman–Crippen LogP) is 1.80. The normalized spacial score (nSPS) is 32.1. The summed E-state index contributed by atoms with van der Waals surface area (Å²) in [7, 11) is 0. The molecule has 1 aliphatic rings. The van der Waals surface area contributed by atoms with E-state index in [1.807, 2.05) is 0 Å². The summed E-state index contributed by atoms with van der Waals surface area (Å²) in [4.78, 5) is 0. The van der Waals surface area contributed by atoms with Crippen LogP contribution in [0.15, 0.2) is 0 Å². The average molecular weight is 186 g/mol. The van der Waals surface area contributed by atoms with Crippen molar-refractivity contribution in [1.82, 2.24) is 0 Å². The molecule has 0 radical (unpaired) electrons. The van der Waals surface area contributed by atoms with E-state index in [4.69, 9.17) is 5.11 Å². The monoisotopic (exact) mass is 186 g/mol. The summed E-state index contributed by atoms with van der Waals surface area (Å²) in [6, 6.07) is 0. The van der Waals surface area contributed by atoms with E-state index in [-0.39, 0.29) is 6.61 Å². The average Bonchev–Trinajstić information content (AvgIpc) is 2.17. The molecule has 0 aromatic carbocycles. The first-order valence-electron chi connectivity index (χ1n) is 5.44. The van der Waals surface area contributed by atoms with Gasteiger partial charge in [-0.1, -0.05) is 13.8 Å². The third kappa shape index (κ3) is 2.96. The lowest BCUT2D eigenvalue weighted by atomic mass is 9.75. The Bertz CT molecular complexity index is 137. The maximum atomic E-state index is 9.46. The van der Waals surface area contributed by atoms with Crippen molar-refractivity contribution in [2.75, 3.05) is 6.61 Å². The van der Waals surface area contributed by atoms with Gasteiger partial charge < -0.3 is 10.2 Å². The van der Waals surface area contributed by atoms with Gasteiger partial charge in [-0.3, -0.25) is 0 Å². The van der Waals surface area contributed by atoms with Crippen molar-refractivity contribution in [2.24, 2.45) is 17.8 Å². The second-order valence-electron chi connectivity index (χ2n) is 4.67. The standard InChI is InChI=1S/C11H22O2/c1-8(2)9-3-5-10(6-4-9)11(13)7-12/h8-13H,3-7H2,1-2H3. The Morgan fingerprint density at radius 1 is 1.08 bits per heavy atom. The van der Waals surface area contributed by atoms with Crippen molar-refractivity contribution in [3.63, 3.8) is 0 Å². The van der Waals surface area contributed by atoms with Crippen LogP contribution in [0.25, 0.3) is 0 Å². The van der Waals surface area contributed by atoms with Gasteiger partial charge in [-0.05, 0) is 43.4 Å². The van der Waals surface area contributed by atoms with Gasteiger partial charge in [0.05, 0.1) is 12.7 Å². The quantitative estimate of drug-likeness (QED) is 0.705. The van der Waals surface area contributed by atoms with Crippen LogP contribution in [0, 0.1) is 17.8 Å². The molecule has 1 saturated carbocycles. The lowest BCUT2D eigenvalue weighted by Gasteiger charge is -2.32. The molecule has 2 heteroatoms. The zero-order chi connectivity index (χ0) is 9.84. The number of rotatable bonds is 3. The van der Waals surface area contributed by atoms with Crippen LogP contribution >= 0.6 is 0 Å². The third-order valence-corrected chi connectivity index (χ3v) is 3.49. The van der Waals surface area contributed by atoms with Gasteiger partial charge in [-0.25, -0.2) is 0 Å². The summed E-state index contributed by atoms with van der Waals surface area (Å²) < 4.78 is 0. The maximum absolute atomic E-state index is 9.46. The van der Waals surface area contributed by atoms with Gasteiger partial charge in [-0.15, -0.1) is 0 Å². The van der Waals surface area contributed by atoms with Crippen molar-refractivity contribution in [3.8, 4) is 0 Å². The van der Waals surface area contributed by atoms with Crippen molar-refractivity contribution in [3.05, 3.63) is 0 Å². The fourth-order valence-corrected chi connectivity index (χ4v) is 2.35. The largest absolute Gasteiger partial charge is 0.394 e. The second-order valence-corrected chi connectivity index (χ2v) is 4.67. The van der Waals surface area contributed by atoms with E-state index in [2.05, 4.69) is 13.8 Å². The number of hydrogen-bond acceptors (Lipinski definition) is 2. The van der Waals surface area contributed by atoms with Crippen molar-refractivity contribution >= 4 is 0 Å². The first-order valence-corrected chi connectivity index (χ1v) is 5.44. The molecule has 1 atom stereocenters. The molecule has 2 N–H and O–H groups in total. The van der Waals surface area contributed by atoms with E-state index in [0.717, 1.165) is 24.7 Å². The minimum atomic E-state index is -0.479. The Morgan fingerprint density at radius 2 is 1.54 bits per heavy atom.